The molecule has 2 N–H and O–H groups in total. The molecule has 1 aromatic carbocycles. The Hall–Kier alpha value is -2.86. The third-order valence-electron chi connectivity index (χ3n) is 3.99. The lowest BCUT2D eigenvalue weighted by Gasteiger charge is -2.17. The second kappa shape index (κ2) is 7.36. The number of nitrogens with zero attached hydrogens (tertiary/aromatic N) is 2. The smallest absolute Gasteiger partial charge is 0.270 e. The number of imidazole rings is 1. The number of hydrogen-bond donors (Lipinski definition) is 2. The Balaban J connectivity index is 1.94. The first-order valence-electron chi connectivity index (χ1n) is 8.22. The molecule has 0 unspecified atom stereocenters. The van der Waals surface area contributed by atoms with Crippen LogP contribution in [0, 0.1) is 6.92 Å². The van der Waals surface area contributed by atoms with Crippen molar-refractivity contribution in [1.82, 2.24) is 14.7 Å². The standard InChI is InChI=1S/C19H21N3O3/c1-3-25-16-10-7-11-22-17(13(2)20-18(16)22)19(24)21-15(12-23)14-8-5-4-6-9-14/h4-11,15,23H,3,12H2,1-2H3,(H,21,24)/t15-/m0/s1. The van der Waals surface area contributed by atoms with Crippen LogP contribution in [0.15, 0.2) is 48.7 Å². The fourth-order valence-corrected chi connectivity index (χ4v) is 2.84. The van der Waals surface area contributed by atoms with Crippen LogP contribution >= 0.6 is 0 Å². The van der Waals surface area contributed by atoms with Crippen LogP contribution in [0.5, 0.6) is 5.75 Å². The summed E-state index contributed by atoms with van der Waals surface area (Å²) in [6, 6.07) is 12.5. The monoisotopic (exact) mass is 339 g/mol. The van der Waals surface area contributed by atoms with Gasteiger partial charge in [0.05, 0.1) is 24.9 Å². The molecule has 0 radical (unpaired) electrons. The van der Waals surface area contributed by atoms with Gasteiger partial charge in [0.1, 0.15) is 5.69 Å². The Labute approximate surface area is 146 Å². The van der Waals surface area contributed by atoms with Crippen LogP contribution < -0.4 is 10.1 Å². The van der Waals surface area contributed by atoms with E-state index in [4.69, 9.17) is 4.74 Å². The highest BCUT2D eigenvalue weighted by Gasteiger charge is 2.21. The second-order valence-electron chi connectivity index (χ2n) is 5.66. The summed E-state index contributed by atoms with van der Waals surface area (Å²) < 4.78 is 7.30. The molecule has 130 valence electrons. The van der Waals surface area contributed by atoms with Crippen LogP contribution in [-0.4, -0.2) is 33.6 Å². The Bertz CT molecular complexity index is 874. The summed E-state index contributed by atoms with van der Waals surface area (Å²) in [6.07, 6.45) is 1.78. The van der Waals surface area contributed by atoms with Crippen LogP contribution in [0.2, 0.25) is 0 Å². The second-order valence-corrected chi connectivity index (χ2v) is 5.66. The van der Waals surface area contributed by atoms with Gasteiger partial charge in [0.25, 0.3) is 5.91 Å². The largest absolute Gasteiger partial charge is 0.490 e. The van der Waals surface area contributed by atoms with E-state index in [0.717, 1.165) is 5.56 Å². The number of ether oxygens (including phenoxy) is 1. The molecule has 2 aromatic heterocycles. The Morgan fingerprint density at radius 1 is 1.28 bits per heavy atom. The highest BCUT2D eigenvalue weighted by atomic mass is 16.5. The minimum atomic E-state index is -0.478. The van der Waals surface area contributed by atoms with E-state index in [0.29, 0.717) is 29.4 Å². The molecular weight excluding hydrogens is 318 g/mol. The Morgan fingerprint density at radius 2 is 2.04 bits per heavy atom. The number of rotatable bonds is 6. The zero-order valence-electron chi connectivity index (χ0n) is 14.3. The van der Waals surface area contributed by atoms with Crippen molar-refractivity contribution >= 4 is 11.6 Å². The van der Waals surface area contributed by atoms with E-state index < -0.39 is 6.04 Å². The molecule has 6 nitrogen and oxygen atoms in total. The zero-order valence-corrected chi connectivity index (χ0v) is 14.3. The van der Waals surface area contributed by atoms with Gasteiger partial charge >= 0.3 is 0 Å². The first-order chi connectivity index (χ1) is 12.2. The number of hydrogen-bond acceptors (Lipinski definition) is 4. The normalized spacial score (nSPS) is 12.1. The van der Waals surface area contributed by atoms with Crippen molar-refractivity contribution in [2.75, 3.05) is 13.2 Å². The molecule has 0 aliphatic rings. The molecule has 3 aromatic rings. The number of carbonyl (C=O) groups is 1. The third kappa shape index (κ3) is 3.34. The van der Waals surface area contributed by atoms with Gasteiger partial charge in [-0.3, -0.25) is 9.20 Å². The van der Waals surface area contributed by atoms with Gasteiger partial charge < -0.3 is 15.2 Å². The average molecular weight is 339 g/mol. The molecule has 6 heteroatoms. The van der Waals surface area contributed by atoms with Crippen LogP contribution in [0.4, 0.5) is 0 Å². The summed E-state index contributed by atoms with van der Waals surface area (Å²) in [5, 5.41) is 12.5. The lowest BCUT2D eigenvalue weighted by Crippen LogP contribution is -2.32. The lowest BCUT2D eigenvalue weighted by atomic mass is 10.1. The summed E-state index contributed by atoms with van der Waals surface area (Å²) in [7, 11) is 0. The molecule has 0 aliphatic heterocycles. The van der Waals surface area contributed by atoms with Crippen LogP contribution in [-0.2, 0) is 0 Å². The summed E-state index contributed by atoms with van der Waals surface area (Å²) in [5.41, 5.74) is 2.49. The molecule has 2 heterocycles. The van der Waals surface area contributed by atoms with Crippen molar-refractivity contribution in [2.45, 2.75) is 19.9 Å². The maximum Gasteiger partial charge on any atom is 0.270 e. The van der Waals surface area contributed by atoms with Crippen molar-refractivity contribution in [2.24, 2.45) is 0 Å². The maximum atomic E-state index is 12.8. The average Bonchev–Trinajstić information content (AvgIpc) is 2.97. The van der Waals surface area contributed by atoms with E-state index in [2.05, 4.69) is 10.3 Å². The Kier molecular flexibility index (Phi) is 5.00. The van der Waals surface area contributed by atoms with E-state index in [-0.39, 0.29) is 12.5 Å². The molecule has 1 amide bonds. The Morgan fingerprint density at radius 3 is 2.72 bits per heavy atom. The number of aromatic nitrogens is 2. The van der Waals surface area contributed by atoms with Gasteiger partial charge in [-0.1, -0.05) is 30.3 Å². The number of benzene rings is 1. The lowest BCUT2D eigenvalue weighted by molar-refractivity contribution is 0.0909. The highest BCUT2D eigenvalue weighted by molar-refractivity contribution is 5.95. The van der Waals surface area contributed by atoms with E-state index in [1.165, 1.54) is 0 Å². The van der Waals surface area contributed by atoms with Gasteiger partial charge in [-0.05, 0) is 31.5 Å². The molecule has 3 rings (SSSR count). The molecule has 0 spiro atoms. The summed E-state index contributed by atoms with van der Waals surface area (Å²) in [4.78, 5) is 17.3. The zero-order chi connectivity index (χ0) is 17.8. The van der Waals surface area contributed by atoms with Gasteiger partial charge in [0.2, 0.25) is 0 Å². The minimum absolute atomic E-state index is 0.185. The van der Waals surface area contributed by atoms with E-state index in [9.17, 15) is 9.90 Å². The van der Waals surface area contributed by atoms with E-state index >= 15 is 0 Å². The number of nitrogens with one attached hydrogen (secondary N) is 1. The molecule has 1 atom stereocenters. The number of pyridine rings is 1. The first kappa shape index (κ1) is 17.0. The fourth-order valence-electron chi connectivity index (χ4n) is 2.84. The van der Waals surface area contributed by atoms with Crippen LogP contribution in [0.1, 0.15) is 34.7 Å². The third-order valence-corrected chi connectivity index (χ3v) is 3.99. The predicted octanol–water partition coefficient (Wildman–Crippen LogP) is 2.50. The topological polar surface area (TPSA) is 75.9 Å². The van der Waals surface area contributed by atoms with Gasteiger partial charge in [-0.25, -0.2) is 4.98 Å². The maximum absolute atomic E-state index is 12.8. The SMILES string of the molecule is CCOc1cccn2c(C(=O)N[C@@H](CO)c3ccccc3)c(C)nc12. The molecule has 0 aliphatic carbocycles. The van der Waals surface area contributed by atoms with Crippen molar-refractivity contribution in [3.8, 4) is 5.75 Å². The molecule has 0 saturated heterocycles. The van der Waals surface area contributed by atoms with Crippen molar-refractivity contribution in [1.29, 1.82) is 0 Å². The quantitative estimate of drug-likeness (QED) is 0.723. The van der Waals surface area contributed by atoms with Crippen molar-refractivity contribution < 1.29 is 14.6 Å². The number of aliphatic hydroxyl groups excluding tert-OH is 1. The predicted molar refractivity (Wildman–Crippen MR) is 94.8 cm³/mol. The summed E-state index contributed by atoms with van der Waals surface area (Å²) in [6.45, 7) is 4.02. The highest BCUT2D eigenvalue weighted by Crippen LogP contribution is 2.22. The van der Waals surface area contributed by atoms with Gasteiger partial charge in [-0.2, -0.15) is 0 Å². The van der Waals surface area contributed by atoms with Gasteiger partial charge in [0.15, 0.2) is 11.4 Å². The first-order valence-corrected chi connectivity index (χ1v) is 8.22. The van der Waals surface area contributed by atoms with E-state index in [1.807, 2.05) is 49.4 Å². The molecule has 0 fully saturated rings. The molecule has 25 heavy (non-hydrogen) atoms. The number of fused-ring (bicyclic) bond motifs is 1. The summed E-state index contributed by atoms with van der Waals surface area (Å²) in [5.74, 6) is 0.343. The minimum Gasteiger partial charge on any atom is -0.490 e. The van der Waals surface area contributed by atoms with Gasteiger partial charge in [-0.15, -0.1) is 0 Å². The molecular formula is C19H21N3O3. The van der Waals surface area contributed by atoms with Gasteiger partial charge in [0, 0.05) is 6.20 Å². The summed E-state index contributed by atoms with van der Waals surface area (Å²) >= 11 is 0. The number of amides is 1. The van der Waals surface area contributed by atoms with Crippen molar-refractivity contribution in [3.05, 3.63) is 65.6 Å². The number of aryl methyl sites for hydroxylation is 1. The van der Waals surface area contributed by atoms with Crippen LogP contribution in [0.3, 0.4) is 0 Å². The van der Waals surface area contributed by atoms with E-state index in [1.54, 1.807) is 17.5 Å². The molecule has 0 bridgehead atoms. The molecule has 0 saturated carbocycles. The number of carbonyl (C=O) groups excluding carboxylic acids is 1. The van der Waals surface area contributed by atoms with Crippen molar-refractivity contribution in [3.63, 3.8) is 0 Å². The fraction of sp³-hybridized carbons (Fsp3) is 0.263. The number of aliphatic hydroxyl groups is 1. The van der Waals surface area contributed by atoms with Crippen LogP contribution in [0.25, 0.3) is 5.65 Å².